The number of nitrogens with zero attached hydrogens (tertiary/aromatic N) is 2. The van der Waals surface area contributed by atoms with E-state index in [2.05, 4.69) is 51.6 Å². The number of aromatic nitrogens is 1. The molecule has 1 aliphatic carbocycles. The summed E-state index contributed by atoms with van der Waals surface area (Å²) in [6.45, 7) is 0.492. The lowest BCUT2D eigenvalue weighted by molar-refractivity contribution is -0.117. The summed E-state index contributed by atoms with van der Waals surface area (Å²) in [5.41, 5.74) is 10.5. The van der Waals surface area contributed by atoms with Gasteiger partial charge in [0.05, 0.1) is 0 Å². The average molecular weight is 360 g/mol. The first kappa shape index (κ1) is 17.5. The van der Waals surface area contributed by atoms with Crippen LogP contribution in [0.5, 0.6) is 0 Å². The zero-order chi connectivity index (χ0) is 19.0. The number of hydrogen-bond donors (Lipinski definition) is 2. The van der Waals surface area contributed by atoms with E-state index in [0.29, 0.717) is 12.4 Å². The predicted molar refractivity (Wildman–Crippen MR) is 111 cm³/mol. The monoisotopic (exact) mass is 360 g/mol. The van der Waals surface area contributed by atoms with E-state index in [1.807, 2.05) is 26.4 Å². The molecule has 5 heteroatoms. The van der Waals surface area contributed by atoms with Gasteiger partial charge in [-0.15, -0.1) is 0 Å². The lowest BCUT2D eigenvalue weighted by atomic mass is 9.97. The summed E-state index contributed by atoms with van der Waals surface area (Å²) in [4.78, 5) is 18.4. The highest BCUT2D eigenvalue weighted by Crippen LogP contribution is 2.32. The minimum Gasteiger partial charge on any atom is -0.378 e. The number of carbonyl (C=O) groups is 1. The maximum atomic E-state index is 11.9. The van der Waals surface area contributed by atoms with Crippen LogP contribution in [0.1, 0.15) is 18.4 Å². The summed E-state index contributed by atoms with van der Waals surface area (Å²) in [6.07, 6.45) is 3.79. The van der Waals surface area contributed by atoms with Crippen molar-refractivity contribution in [2.24, 2.45) is 11.7 Å². The summed E-state index contributed by atoms with van der Waals surface area (Å²) < 4.78 is 0. The molecule has 0 atom stereocenters. The number of amides is 1. The van der Waals surface area contributed by atoms with Crippen molar-refractivity contribution in [3.8, 4) is 11.1 Å². The molecule has 1 aromatic heterocycles. The van der Waals surface area contributed by atoms with Crippen LogP contribution in [-0.4, -0.2) is 25.0 Å². The molecular formula is C22H24N4O. The second-order valence-corrected chi connectivity index (χ2v) is 7.33. The van der Waals surface area contributed by atoms with Gasteiger partial charge in [0.15, 0.2) is 0 Å². The minimum absolute atomic E-state index is 0.0755. The van der Waals surface area contributed by atoms with Crippen molar-refractivity contribution < 1.29 is 4.79 Å². The Bertz CT molecular complexity index is 1010. The molecule has 4 rings (SSSR count). The minimum atomic E-state index is 0.0755. The van der Waals surface area contributed by atoms with Crippen molar-refractivity contribution in [3.05, 3.63) is 54.2 Å². The quantitative estimate of drug-likeness (QED) is 0.726. The van der Waals surface area contributed by atoms with E-state index in [0.717, 1.165) is 46.0 Å². The third-order valence-electron chi connectivity index (χ3n) is 5.06. The van der Waals surface area contributed by atoms with Gasteiger partial charge in [0.2, 0.25) is 5.91 Å². The number of carbonyl (C=O) groups excluding carboxylic acids is 1. The highest BCUT2D eigenvalue weighted by molar-refractivity contribution is 5.96. The van der Waals surface area contributed by atoms with E-state index in [1.54, 1.807) is 0 Å². The summed E-state index contributed by atoms with van der Waals surface area (Å²) in [5, 5.41) is 5.00. The Labute approximate surface area is 159 Å². The number of nitrogens with one attached hydrogen (secondary N) is 1. The fraction of sp³-hybridized carbons (Fsp3) is 0.273. The summed E-state index contributed by atoms with van der Waals surface area (Å²) in [7, 11) is 4.06. The van der Waals surface area contributed by atoms with Crippen molar-refractivity contribution in [3.63, 3.8) is 0 Å². The Morgan fingerprint density at radius 1 is 1.15 bits per heavy atom. The summed E-state index contributed by atoms with van der Waals surface area (Å²) in [5.74, 6) is 0.861. The zero-order valence-corrected chi connectivity index (χ0v) is 15.7. The second kappa shape index (κ2) is 7.00. The molecule has 0 saturated heterocycles. The Morgan fingerprint density at radius 3 is 2.67 bits per heavy atom. The summed E-state index contributed by atoms with van der Waals surface area (Å²) >= 11 is 0. The van der Waals surface area contributed by atoms with E-state index < -0.39 is 0 Å². The molecule has 0 spiro atoms. The first-order valence-electron chi connectivity index (χ1n) is 9.26. The van der Waals surface area contributed by atoms with Gasteiger partial charge in [0.1, 0.15) is 5.82 Å². The molecule has 1 saturated carbocycles. The smallest absolute Gasteiger partial charge is 0.228 e. The highest BCUT2D eigenvalue weighted by atomic mass is 16.2. The van der Waals surface area contributed by atoms with Crippen molar-refractivity contribution in [1.29, 1.82) is 0 Å². The molecule has 1 fully saturated rings. The van der Waals surface area contributed by atoms with E-state index in [1.165, 1.54) is 0 Å². The average Bonchev–Trinajstić information content (AvgIpc) is 3.52. The van der Waals surface area contributed by atoms with Gasteiger partial charge < -0.3 is 16.0 Å². The van der Waals surface area contributed by atoms with Crippen LogP contribution in [0.15, 0.2) is 48.7 Å². The van der Waals surface area contributed by atoms with Gasteiger partial charge in [-0.25, -0.2) is 4.98 Å². The first-order valence-corrected chi connectivity index (χ1v) is 9.26. The molecule has 3 N–H and O–H groups in total. The molecule has 3 aromatic rings. The lowest BCUT2D eigenvalue weighted by Gasteiger charge is -2.17. The van der Waals surface area contributed by atoms with Gasteiger partial charge in [-0.05, 0) is 59.2 Å². The third kappa shape index (κ3) is 3.64. The van der Waals surface area contributed by atoms with E-state index in [4.69, 9.17) is 5.73 Å². The SMILES string of the molecule is CN(C)c1ccc(CN)c(-c2ccc3cc(NC(=O)C4CC4)ncc3c2)c1. The van der Waals surface area contributed by atoms with Crippen molar-refractivity contribution in [1.82, 2.24) is 4.98 Å². The number of pyridine rings is 1. The molecule has 0 bridgehead atoms. The fourth-order valence-corrected chi connectivity index (χ4v) is 3.24. The number of benzene rings is 2. The van der Waals surface area contributed by atoms with Crippen LogP contribution >= 0.6 is 0 Å². The van der Waals surface area contributed by atoms with E-state index in [-0.39, 0.29) is 11.8 Å². The largest absolute Gasteiger partial charge is 0.378 e. The first-order chi connectivity index (χ1) is 13.0. The fourth-order valence-electron chi connectivity index (χ4n) is 3.24. The summed E-state index contributed by atoms with van der Waals surface area (Å²) in [6, 6.07) is 14.6. The van der Waals surface area contributed by atoms with Gasteiger partial charge in [0.25, 0.3) is 0 Å². The molecule has 5 nitrogen and oxygen atoms in total. The van der Waals surface area contributed by atoms with Crippen LogP contribution in [0.4, 0.5) is 11.5 Å². The van der Waals surface area contributed by atoms with Crippen LogP contribution in [0, 0.1) is 5.92 Å². The van der Waals surface area contributed by atoms with Gasteiger partial charge in [0, 0.05) is 43.8 Å². The zero-order valence-electron chi connectivity index (χ0n) is 15.7. The van der Waals surface area contributed by atoms with Crippen molar-refractivity contribution in [2.75, 3.05) is 24.3 Å². The van der Waals surface area contributed by atoms with E-state index in [9.17, 15) is 4.79 Å². The standard InChI is InChI=1S/C22H24N4O/c1-26(2)19-8-7-17(12-23)20(11-19)16-6-5-15-10-21(24-13-18(15)9-16)25-22(27)14-3-4-14/h5-11,13-14H,3-4,12,23H2,1-2H3,(H,24,25,27). The second-order valence-electron chi connectivity index (χ2n) is 7.33. The highest BCUT2D eigenvalue weighted by Gasteiger charge is 2.29. The number of nitrogens with two attached hydrogens (primary N) is 1. The molecule has 0 unspecified atom stereocenters. The molecule has 0 aliphatic heterocycles. The molecule has 138 valence electrons. The van der Waals surface area contributed by atoms with Crippen molar-refractivity contribution >= 4 is 28.2 Å². The maximum Gasteiger partial charge on any atom is 0.228 e. The van der Waals surface area contributed by atoms with Gasteiger partial charge in [-0.2, -0.15) is 0 Å². The normalized spacial score (nSPS) is 13.6. The molecular weight excluding hydrogens is 336 g/mol. The Morgan fingerprint density at radius 2 is 1.96 bits per heavy atom. The Kier molecular flexibility index (Phi) is 4.54. The van der Waals surface area contributed by atoms with Crippen LogP contribution in [-0.2, 0) is 11.3 Å². The molecule has 1 heterocycles. The number of fused-ring (bicyclic) bond motifs is 1. The van der Waals surface area contributed by atoms with Crippen LogP contribution in [0.2, 0.25) is 0 Å². The maximum absolute atomic E-state index is 11.9. The molecule has 0 radical (unpaired) electrons. The molecule has 2 aromatic carbocycles. The van der Waals surface area contributed by atoms with Crippen LogP contribution in [0.25, 0.3) is 21.9 Å². The van der Waals surface area contributed by atoms with Gasteiger partial charge in [-0.1, -0.05) is 18.2 Å². The Balaban J connectivity index is 1.69. The molecule has 1 aliphatic rings. The van der Waals surface area contributed by atoms with Crippen LogP contribution in [0.3, 0.4) is 0 Å². The predicted octanol–water partition coefficient (Wildman–Crippen LogP) is 3.78. The van der Waals surface area contributed by atoms with Gasteiger partial charge in [-0.3, -0.25) is 4.79 Å². The molecule has 1 amide bonds. The third-order valence-corrected chi connectivity index (χ3v) is 5.06. The van der Waals surface area contributed by atoms with Crippen LogP contribution < -0.4 is 16.0 Å². The lowest BCUT2D eigenvalue weighted by Crippen LogP contribution is -2.14. The molecule has 27 heavy (non-hydrogen) atoms. The van der Waals surface area contributed by atoms with Crippen molar-refractivity contribution in [2.45, 2.75) is 19.4 Å². The number of anilines is 2. The number of hydrogen-bond acceptors (Lipinski definition) is 4. The number of rotatable bonds is 5. The Hall–Kier alpha value is -2.92. The van der Waals surface area contributed by atoms with E-state index >= 15 is 0 Å². The van der Waals surface area contributed by atoms with Gasteiger partial charge >= 0.3 is 0 Å². The topological polar surface area (TPSA) is 71.2 Å².